The van der Waals surface area contributed by atoms with Gasteiger partial charge in [0.1, 0.15) is 17.2 Å². The number of benzene rings is 1. The quantitative estimate of drug-likeness (QED) is 0.235. The van der Waals surface area contributed by atoms with Crippen molar-refractivity contribution in [1.29, 1.82) is 0 Å². The van der Waals surface area contributed by atoms with E-state index < -0.39 is 5.91 Å². The van der Waals surface area contributed by atoms with E-state index in [1.807, 2.05) is 48.7 Å². The topological polar surface area (TPSA) is 87.7 Å². The summed E-state index contributed by atoms with van der Waals surface area (Å²) in [7, 11) is 2.09. The van der Waals surface area contributed by atoms with Crippen molar-refractivity contribution in [3.05, 3.63) is 59.0 Å². The van der Waals surface area contributed by atoms with E-state index in [1.54, 1.807) is 18.3 Å². The molecule has 1 aliphatic heterocycles. The smallest absolute Gasteiger partial charge is 0.275 e. The Morgan fingerprint density at radius 3 is 2.46 bits per heavy atom. The van der Waals surface area contributed by atoms with E-state index in [1.165, 1.54) is 17.4 Å². The average molecular weight is 584 g/mol. The number of hydrazine groups is 1. The van der Waals surface area contributed by atoms with E-state index in [-0.39, 0.29) is 18.3 Å². The Bertz CT molecular complexity index is 1530. The maximum absolute atomic E-state index is 12.6. The number of thiophene rings is 2. The maximum atomic E-state index is 12.6. The number of ether oxygens (including phenoxy) is 1. The lowest BCUT2D eigenvalue weighted by Gasteiger charge is -2.20. The number of nitrogens with one attached hydrogen (secondary N) is 1. The van der Waals surface area contributed by atoms with Crippen LogP contribution in [0.15, 0.2) is 53.4 Å². The Morgan fingerprint density at radius 2 is 1.85 bits per heavy atom. The van der Waals surface area contributed by atoms with Crippen LogP contribution in [0.25, 0.3) is 31.4 Å². The zero-order valence-electron chi connectivity index (χ0n) is 22.3. The lowest BCUT2D eigenvalue weighted by molar-refractivity contribution is -0.135. The molecule has 4 aromatic rings. The molecule has 3 aromatic heterocycles. The fourth-order valence-electron chi connectivity index (χ4n) is 4.08. The first-order valence-corrected chi connectivity index (χ1v) is 14.0. The molecule has 8 nitrogen and oxygen atoms in total. The highest BCUT2D eigenvalue weighted by atomic mass is 35.5. The van der Waals surface area contributed by atoms with Gasteiger partial charge in [-0.25, -0.2) is 9.97 Å². The van der Waals surface area contributed by atoms with Crippen LogP contribution in [0, 0.1) is 6.92 Å². The molecular weight excluding hydrogens is 554 g/mol. The van der Waals surface area contributed by atoms with E-state index in [2.05, 4.69) is 31.2 Å². The number of hydrogen-bond donors (Lipinski definition) is 1. The van der Waals surface area contributed by atoms with Gasteiger partial charge in [0, 0.05) is 29.1 Å². The highest BCUT2D eigenvalue weighted by Crippen LogP contribution is 2.42. The molecule has 11 heteroatoms. The third kappa shape index (κ3) is 5.84. The standard InChI is InChI=1S/C28H29N5O3S2.ClH/c1-16(2)32(5)12-13-36-20-10-8-19(9-11-20)24-18(4)23-26(31-33-22(34)15-17(3)28(33)35)29-25(30-27(23)38-24)21-7-6-14-37-21;/h6-11,14-16H,12-13H2,1-5H3,(H,29,30,31);1H. The van der Waals surface area contributed by atoms with Crippen molar-refractivity contribution in [2.75, 3.05) is 25.6 Å². The average Bonchev–Trinajstić information content (AvgIpc) is 3.60. The molecule has 1 aromatic carbocycles. The monoisotopic (exact) mass is 583 g/mol. The van der Waals surface area contributed by atoms with Gasteiger partial charge in [-0.1, -0.05) is 6.07 Å². The maximum Gasteiger partial charge on any atom is 0.275 e. The van der Waals surface area contributed by atoms with Gasteiger partial charge < -0.3 is 9.64 Å². The number of imide groups is 1. The summed E-state index contributed by atoms with van der Waals surface area (Å²) in [6.07, 6.45) is 1.32. The molecular formula is C28H30ClN5O3S2. The number of aryl methyl sites for hydroxylation is 1. The molecule has 0 fully saturated rings. The number of anilines is 1. The van der Waals surface area contributed by atoms with Gasteiger partial charge in [-0.2, -0.15) is 5.01 Å². The SMILES string of the molecule is CC1=CC(=O)N(Nc2nc(-c3cccs3)nc3sc(-c4ccc(OCCN(C)C(C)C)cc4)c(C)c23)C1=O.Cl. The molecule has 1 N–H and O–H groups in total. The van der Waals surface area contributed by atoms with Crippen LogP contribution in [-0.2, 0) is 9.59 Å². The van der Waals surface area contributed by atoms with Crippen molar-refractivity contribution >= 4 is 62.9 Å². The van der Waals surface area contributed by atoms with Crippen LogP contribution < -0.4 is 10.2 Å². The van der Waals surface area contributed by atoms with Crippen LogP contribution >= 0.6 is 35.1 Å². The van der Waals surface area contributed by atoms with E-state index in [4.69, 9.17) is 14.7 Å². The third-order valence-corrected chi connectivity index (χ3v) is 8.66. The number of halogens is 1. The van der Waals surface area contributed by atoms with Crippen molar-refractivity contribution in [2.45, 2.75) is 33.7 Å². The zero-order valence-corrected chi connectivity index (χ0v) is 24.8. The molecule has 4 heterocycles. The number of fused-ring (bicyclic) bond motifs is 1. The number of likely N-dealkylation sites (N-methyl/N-ethyl adjacent to an activating group) is 1. The molecule has 39 heavy (non-hydrogen) atoms. The minimum absolute atomic E-state index is 0. The van der Waals surface area contributed by atoms with Crippen molar-refractivity contribution in [2.24, 2.45) is 0 Å². The summed E-state index contributed by atoms with van der Waals surface area (Å²) >= 11 is 3.09. The van der Waals surface area contributed by atoms with Gasteiger partial charge in [-0.3, -0.25) is 15.0 Å². The molecule has 2 amide bonds. The second-order valence-electron chi connectivity index (χ2n) is 9.47. The highest BCUT2D eigenvalue weighted by molar-refractivity contribution is 7.22. The van der Waals surface area contributed by atoms with Gasteiger partial charge in [-0.05, 0) is 81.6 Å². The van der Waals surface area contributed by atoms with Crippen LogP contribution in [0.1, 0.15) is 26.3 Å². The molecule has 0 saturated carbocycles. The molecule has 1 aliphatic rings. The van der Waals surface area contributed by atoms with Gasteiger partial charge in [0.05, 0.1) is 10.3 Å². The van der Waals surface area contributed by atoms with Crippen LogP contribution in [0.3, 0.4) is 0 Å². The predicted octanol–water partition coefficient (Wildman–Crippen LogP) is 6.18. The lowest BCUT2D eigenvalue weighted by atomic mass is 10.1. The fraction of sp³-hybridized carbons (Fsp3) is 0.286. The van der Waals surface area contributed by atoms with Gasteiger partial charge in [-0.15, -0.1) is 35.1 Å². The number of aromatic nitrogens is 2. The third-order valence-electron chi connectivity index (χ3n) is 6.56. The summed E-state index contributed by atoms with van der Waals surface area (Å²) in [6.45, 7) is 9.43. The highest BCUT2D eigenvalue weighted by Gasteiger charge is 2.30. The first-order valence-electron chi connectivity index (χ1n) is 12.3. The van der Waals surface area contributed by atoms with Crippen LogP contribution in [-0.4, -0.2) is 57.9 Å². The molecule has 0 spiro atoms. The van der Waals surface area contributed by atoms with E-state index in [0.29, 0.717) is 29.9 Å². The van der Waals surface area contributed by atoms with Crippen molar-refractivity contribution in [3.63, 3.8) is 0 Å². The van der Waals surface area contributed by atoms with Crippen LogP contribution in [0.2, 0.25) is 0 Å². The molecule has 204 valence electrons. The Hall–Kier alpha value is -3.31. The molecule has 0 saturated heterocycles. The minimum atomic E-state index is -0.416. The first-order chi connectivity index (χ1) is 18.2. The van der Waals surface area contributed by atoms with Crippen LogP contribution in [0.4, 0.5) is 5.82 Å². The number of nitrogens with zero attached hydrogens (tertiary/aromatic N) is 4. The predicted molar refractivity (Wildman–Crippen MR) is 161 cm³/mol. The molecule has 0 atom stereocenters. The molecule has 0 aliphatic carbocycles. The summed E-state index contributed by atoms with van der Waals surface area (Å²) in [5.74, 6) is 0.989. The van der Waals surface area contributed by atoms with Crippen molar-refractivity contribution in [1.82, 2.24) is 19.9 Å². The summed E-state index contributed by atoms with van der Waals surface area (Å²) < 4.78 is 5.94. The second-order valence-corrected chi connectivity index (χ2v) is 11.4. The Morgan fingerprint density at radius 1 is 1.10 bits per heavy atom. The second kappa shape index (κ2) is 11.8. The summed E-state index contributed by atoms with van der Waals surface area (Å²) in [5, 5.41) is 3.76. The largest absolute Gasteiger partial charge is 0.492 e. The summed E-state index contributed by atoms with van der Waals surface area (Å²) in [4.78, 5) is 39.6. The number of hydrogen-bond acceptors (Lipinski definition) is 9. The first kappa shape index (κ1) is 28.7. The lowest BCUT2D eigenvalue weighted by Crippen LogP contribution is -2.36. The molecule has 0 unspecified atom stereocenters. The Balaban J connectivity index is 0.00000353. The van der Waals surface area contributed by atoms with Crippen molar-refractivity contribution < 1.29 is 14.3 Å². The van der Waals surface area contributed by atoms with E-state index in [9.17, 15) is 9.59 Å². The van der Waals surface area contributed by atoms with E-state index >= 15 is 0 Å². The number of carbonyl (C=O) groups excluding carboxylic acids is 2. The fourth-order valence-corrected chi connectivity index (χ4v) is 5.92. The molecule has 0 radical (unpaired) electrons. The number of amides is 2. The molecule has 5 rings (SSSR count). The van der Waals surface area contributed by atoms with E-state index in [0.717, 1.165) is 48.4 Å². The minimum Gasteiger partial charge on any atom is -0.492 e. The van der Waals surface area contributed by atoms with Gasteiger partial charge >= 0.3 is 0 Å². The number of carbonyl (C=O) groups is 2. The Labute approximate surface area is 241 Å². The van der Waals surface area contributed by atoms with Gasteiger partial charge in [0.25, 0.3) is 11.8 Å². The summed E-state index contributed by atoms with van der Waals surface area (Å²) in [5.41, 5.74) is 5.38. The van der Waals surface area contributed by atoms with Gasteiger partial charge in [0.2, 0.25) is 0 Å². The Kier molecular flexibility index (Phi) is 8.70. The van der Waals surface area contributed by atoms with Crippen LogP contribution in [0.5, 0.6) is 5.75 Å². The van der Waals surface area contributed by atoms with Crippen molar-refractivity contribution in [3.8, 4) is 26.9 Å². The zero-order chi connectivity index (χ0) is 27.0. The molecule has 0 bridgehead atoms. The normalized spacial score (nSPS) is 13.4. The number of rotatable bonds is 9. The summed E-state index contributed by atoms with van der Waals surface area (Å²) in [6, 6.07) is 12.4. The van der Waals surface area contributed by atoms with Gasteiger partial charge in [0.15, 0.2) is 11.6 Å².